The van der Waals surface area contributed by atoms with Crippen molar-refractivity contribution in [3.8, 4) is 0 Å². The van der Waals surface area contributed by atoms with Crippen LogP contribution in [0.4, 0.5) is 0 Å². The molecule has 0 aliphatic heterocycles. The average molecular weight is 251 g/mol. The van der Waals surface area contributed by atoms with Crippen molar-refractivity contribution in [2.24, 2.45) is 23.7 Å². The summed E-state index contributed by atoms with van der Waals surface area (Å²) in [5.41, 5.74) is 4.35. The highest BCUT2D eigenvalue weighted by Crippen LogP contribution is 2.57. The van der Waals surface area contributed by atoms with E-state index in [4.69, 9.17) is 11.6 Å². The van der Waals surface area contributed by atoms with Gasteiger partial charge >= 0.3 is 0 Å². The molecule has 0 aromatic carbocycles. The van der Waals surface area contributed by atoms with Crippen molar-refractivity contribution in [2.75, 3.05) is 5.88 Å². The molecule has 1 heteroatoms. The molecule has 0 radical (unpaired) electrons. The van der Waals surface area contributed by atoms with Crippen LogP contribution in [0, 0.1) is 23.7 Å². The minimum atomic E-state index is 0.629. The van der Waals surface area contributed by atoms with E-state index in [2.05, 4.69) is 39.5 Å². The number of halogens is 1. The first-order valence-electron chi connectivity index (χ1n) is 6.63. The normalized spacial score (nSPS) is 39.1. The Labute approximate surface area is 110 Å². The molecule has 2 aliphatic rings. The topological polar surface area (TPSA) is 0 Å². The van der Waals surface area contributed by atoms with Gasteiger partial charge in [0.2, 0.25) is 0 Å². The quantitative estimate of drug-likeness (QED) is 0.490. The van der Waals surface area contributed by atoms with Crippen LogP contribution in [0.1, 0.15) is 33.6 Å². The van der Waals surface area contributed by atoms with Crippen LogP contribution in [0.2, 0.25) is 0 Å². The second-order valence-corrected chi connectivity index (χ2v) is 6.06. The van der Waals surface area contributed by atoms with Crippen molar-refractivity contribution < 1.29 is 0 Å². The van der Waals surface area contributed by atoms with Gasteiger partial charge in [0.1, 0.15) is 0 Å². The Morgan fingerprint density at radius 3 is 2.71 bits per heavy atom. The van der Waals surface area contributed by atoms with Gasteiger partial charge in [0.25, 0.3) is 0 Å². The summed E-state index contributed by atoms with van der Waals surface area (Å²) in [5.74, 6) is 3.60. The first-order chi connectivity index (χ1) is 8.08. The van der Waals surface area contributed by atoms with Crippen LogP contribution in [-0.2, 0) is 0 Å². The van der Waals surface area contributed by atoms with Crippen LogP contribution in [0.3, 0.4) is 0 Å². The molecule has 2 aliphatic carbocycles. The number of allylic oxidation sites excluding steroid dienone is 5. The number of rotatable bonds is 3. The van der Waals surface area contributed by atoms with Crippen LogP contribution in [0.25, 0.3) is 0 Å². The molecule has 0 spiro atoms. The highest BCUT2D eigenvalue weighted by molar-refractivity contribution is 6.18. The highest BCUT2D eigenvalue weighted by atomic mass is 35.5. The van der Waals surface area contributed by atoms with Gasteiger partial charge in [0, 0.05) is 5.88 Å². The van der Waals surface area contributed by atoms with E-state index in [0.29, 0.717) is 17.8 Å². The summed E-state index contributed by atoms with van der Waals surface area (Å²) >= 11 is 6.19. The molecular formula is C16H23Cl. The van der Waals surface area contributed by atoms with Gasteiger partial charge in [-0.15, -0.1) is 11.6 Å². The lowest BCUT2D eigenvalue weighted by Crippen LogP contribution is -2.25. The molecule has 0 aromatic rings. The van der Waals surface area contributed by atoms with E-state index in [1.165, 1.54) is 24.0 Å². The van der Waals surface area contributed by atoms with Crippen molar-refractivity contribution >= 4 is 11.6 Å². The summed E-state index contributed by atoms with van der Waals surface area (Å²) in [5, 5.41) is 0. The molecule has 0 N–H and O–H groups in total. The van der Waals surface area contributed by atoms with Crippen molar-refractivity contribution in [3.05, 3.63) is 35.5 Å². The fourth-order valence-electron chi connectivity index (χ4n) is 3.85. The second-order valence-electron chi connectivity index (χ2n) is 5.75. The van der Waals surface area contributed by atoms with Gasteiger partial charge in [-0.25, -0.2) is 0 Å². The molecule has 2 bridgehead atoms. The summed E-state index contributed by atoms with van der Waals surface area (Å²) in [6, 6.07) is 0. The maximum atomic E-state index is 6.19. The summed E-state index contributed by atoms with van der Waals surface area (Å²) in [6.45, 7) is 10.6. The van der Waals surface area contributed by atoms with Gasteiger partial charge in [0.15, 0.2) is 0 Å². The molecule has 0 aromatic heterocycles. The zero-order valence-corrected chi connectivity index (χ0v) is 11.9. The molecule has 2 rings (SSSR count). The summed E-state index contributed by atoms with van der Waals surface area (Å²) < 4.78 is 0. The van der Waals surface area contributed by atoms with Gasteiger partial charge in [0.05, 0.1) is 0 Å². The molecule has 94 valence electrons. The van der Waals surface area contributed by atoms with E-state index >= 15 is 0 Å². The predicted molar refractivity (Wildman–Crippen MR) is 76.2 cm³/mol. The maximum absolute atomic E-state index is 6.19. The number of hydrogen-bond acceptors (Lipinski definition) is 0. The molecular weight excluding hydrogens is 228 g/mol. The Balaban J connectivity index is 2.22. The third kappa shape index (κ3) is 2.25. The fourth-order valence-corrected chi connectivity index (χ4v) is 4.26. The minimum Gasteiger partial charge on any atom is -0.126 e. The highest BCUT2D eigenvalue weighted by Gasteiger charge is 2.49. The minimum absolute atomic E-state index is 0.629. The molecule has 2 saturated carbocycles. The van der Waals surface area contributed by atoms with E-state index in [1.807, 2.05) is 0 Å². The van der Waals surface area contributed by atoms with Crippen molar-refractivity contribution in [3.63, 3.8) is 0 Å². The number of fused-ring (bicyclic) bond motifs is 2. The first-order valence-corrected chi connectivity index (χ1v) is 7.16. The van der Waals surface area contributed by atoms with Gasteiger partial charge in [-0.3, -0.25) is 0 Å². The Morgan fingerprint density at radius 2 is 2.18 bits per heavy atom. The summed E-state index contributed by atoms with van der Waals surface area (Å²) in [4.78, 5) is 0. The molecule has 4 unspecified atom stereocenters. The van der Waals surface area contributed by atoms with E-state index in [-0.39, 0.29) is 0 Å². The zero-order valence-electron chi connectivity index (χ0n) is 11.2. The molecule has 0 nitrogen and oxygen atoms in total. The molecule has 0 heterocycles. The first kappa shape index (κ1) is 13.0. The smallest absolute Gasteiger partial charge is 0.0263 e. The van der Waals surface area contributed by atoms with Crippen LogP contribution in [0.5, 0.6) is 0 Å². The molecule has 0 amide bonds. The van der Waals surface area contributed by atoms with Crippen LogP contribution in [-0.4, -0.2) is 5.88 Å². The van der Waals surface area contributed by atoms with Gasteiger partial charge in [-0.05, 0) is 57.3 Å². The second kappa shape index (κ2) is 5.02. The summed E-state index contributed by atoms with van der Waals surface area (Å²) in [6.07, 6.45) is 7.17. The van der Waals surface area contributed by atoms with E-state index in [1.54, 1.807) is 5.57 Å². The van der Waals surface area contributed by atoms with Crippen LogP contribution in [0.15, 0.2) is 35.5 Å². The Bertz CT molecular complexity index is 375. The molecule has 4 atom stereocenters. The molecule has 17 heavy (non-hydrogen) atoms. The van der Waals surface area contributed by atoms with Crippen molar-refractivity contribution in [1.29, 1.82) is 0 Å². The Hall–Kier alpha value is -0.490. The lowest BCUT2D eigenvalue weighted by Gasteiger charge is -2.32. The summed E-state index contributed by atoms with van der Waals surface area (Å²) in [7, 11) is 0. The molecule has 0 saturated heterocycles. The third-order valence-corrected chi connectivity index (χ3v) is 4.99. The van der Waals surface area contributed by atoms with E-state index in [9.17, 15) is 0 Å². The molecule has 2 fully saturated rings. The largest absolute Gasteiger partial charge is 0.126 e. The number of hydrogen-bond donors (Lipinski definition) is 0. The van der Waals surface area contributed by atoms with E-state index < -0.39 is 0 Å². The fraction of sp³-hybridized carbons (Fsp3) is 0.625. The zero-order chi connectivity index (χ0) is 12.6. The van der Waals surface area contributed by atoms with Gasteiger partial charge in [-0.1, -0.05) is 35.5 Å². The van der Waals surface area contributed by atoms with Gasteiger partial charge < -0.3 is 0 Å². The Morgan fingerprint density at radius 1 is 1.47 bits per heavy atom. The predicted octanol–water partition coefficient (Wildman–Crippen LogP) is 4.97. The SMILES string of the molecule is C=C(C)C1C2CC(=CC(C)=CC)C(C2)C1CCl. The standard InChI is InChI=1S/C16H23Cl/c1-5-11(4)6-12-7-13-8-14(12)15(9-17)16(13)10(2)3/h5-6,13-16H,2,7-9H2,1,3-4H3. The van der Waals surface area contributed by atoms with Crippen molar-refractivity contribution in [2.45, 2.75) is 33.6 Å². The van der Waals surface area contributed by atoms with Crippen LogP contribution < -0.4 is 0 Å². The van der Waals surface area contributed by atoms with E-state index in [0.717, 1.165) is 11.8 Å². The average Bonchev–Trinajstić information content (AvgIpc) is 2.84. The lowest BCUT2D eigenvalue weighted by molar-refractivity contribution is 0.328. The van der Waals surface area contributed by atoms with Gasteiger partial charge in [-0.2, -0.15) is 0 Å². The van der Waals surface area contributed by atoms with Crippen molar-refractivity contribution in [1.82, 2.24) is 0 Å². The monoisotopic (exact) mass is 250 g/mol. The number of alkyl halides is 1. The lowest BCUT2D eigenvalue weighted by atomic mass is 9.74. The van der Waals surface area contributed by atoms with Crippen LogP contribution >= 0.6 is 11.6 Å². The maximum Gasteiger partial charge on any atom is 0.0263 e. The third-order valence-electron chi connectivity index (χ3n) is 4.63. The Kier molecular flexibility index (Phi) is 3.82.